The third-order valence-corrected chi connectivity index (χ3v) is 3.93. The summed E-state index contributed by atoms with van der Waals surface area (Å²) >= 11 is 3.30. The molecule has 0 heterocycles. The van der Waals surface area contributed by atoms with Crippen LogP contribution in [-0.4, -0.2) is 24.3 Å². The Hall–Kier alpha value is -2.87. The smallest absolute Gasteiger partial charge is 0.273 e. The largest absolute Gasteiger partial charge is 0.493 e. The van der Waals surface area contributed by atoms with Crippen molar-refractivity contribution in [3.8, 4) is 5.75 Å². The number of amides is 3. The summed E-state index contributed by atoms with van der Waals surface area (Å²) in [5, 5.41) is 2.69. The molecule has 0 radical (unpaired) electrons. The van der Waals surface area contributed by atoms with Crippen molar-refractivity contribution in [3.63, 3.8) is 0 Å². The van der Waals surface area contributed by atoms with Gasteiger partial charge in [0.2, 0.25) is 11.8 Å². The lowest BCUT2D eigenvalue weighted by Crippen LogP contribution is -2.42. The van der Waals surface area contributed by atoms with Crippen molar-refractivity contribution in [2.24, 2.45) is 0 Å². The van der Waals surface area contributed by atoms with E-state index in [1.165, 1.54) is 0 Å². The summed E-state index contributed by atoms with van der Waals surface area (Å²) in [6.07, 6.45) is -0.0621. The number of benzene rings is 2. The predicted octanol–water partition coefficient (Wildman–Crippen LogP) is 3.03. The monoisotopic (exact) mass is 433 g/mol. The fourth-order valence-corrected chi connectivity index (χ4v) is 2.55. The summed E-state index contributed by atoms with van der Waals surface area (Å²) < 4.78 is 6.12. The molecule has 3 amide bonds. The van der Waals surface area contributed by atoms with E-state index in [2.05, 4.69) is 32.1 Å². The second-order valence-corrected chi connectivity index (χ2v) is 6.41. The van der Waals surface area contributed by atoms with Gasteiger partial charge in [0.25, 0.3) is 5.91 Å². The van der Waals surface area contributed by atoms with E-state index in [-0.39, 0.29) is 24.3 Å². The minimum absolute atomic E-state index is 0.00230. The molecule has 0 bridgehead atoms. The maximum absolute atomic E-state index is 12.3. The van der Waals surface area contributed by atoms with Crippen LogP contribution in [0.25, 0.3) is 0 Å². The minimum atomic E-state index is -0.512. The van der Waals surface area contributed by atoms with E-state index < -0.39 is 11.8 Å². The zero-order valence-corrected chi connectivity index (χ0v) is 16.3. The number of carbonyl (C=O) groups is 3. The number of carbonyl (C=O) groups excluding carboxylic acids is 3. The van der Waals surface area contributed by atoms with Crippen LogP contribution in [0, 0.1) is 0 Å². The molecule has 2 rings (SSSR count). The van der Waals surface area contributed by atoms with Crippen molar-refractivity contribution in [2.75, 3.05) is 11.9 Å². The molecule has 7 nitrogen and oxygen atoms in total. The second kappa shape index (κ2) is 10.3. The van der Waals surface area contributed by atoms with Crippen molar-refractivity contribution in [2.45, 2.75) is 19.8 Å². The van der Waals surface area contributed by atoms with Gasteiger partial charge in [0.05, 0.1) is 12.2 Å². The zero-order chi connectivity index (χ0) is 19.6. The van der Waals surface area contributed by atoms with Gasteiger partial charge >= 0.3 is 0 Å². The van der Waals surface area contributed by atoms with Gasteiger partial charge in [0, 0.05) is 23.0 Å². The van der Waals surface area contributed by atoms with Crippen LogP contribution in [-0.2, 0) is 9.59 Å². The van der Waals surface area contributed by atoms with E-state index in [1.807, 2.05) is 13.0 Å². The Kier molecular flexibility index (Phi) is 7.81. The maximum Gasteiger partial charge on any atom is 0.273 e. The average Bonchev–Trinajstić information content (AvgIpc) is 2.67. The first kappa shape index (κ1) is 20.4. The van der Waals surface area contributed by atoms with Gasteiger partial charge in [-0.05, 0) is 37.3 Å². The lowest BCUT2D eigenvalue weighted by atomic mass is 10.2. The highest BCUT2D eigenvalue weighted by Crippen LogP contribution is 2.23. The van der Waals surface area contributed by atoms with E-state index in [0.717, 1.165) is 0 Å². The highest BCUT2D eigenvalue weighted by atomic mass is 79.9. The summed E-state index contributed by atoms with van der Waals surface area (Å²) in [7, 11) is 0. The Balaban J connectivity index is 1.80. The predicted molar refractivity (Wildman–Crippen MR) is 105 cm³/mol. The lowest BCUT2D eigenvalue weighted by molar-refractivity contribution is -0.124. The molecule has 0 saturated carbocycles. The molecule has 0 fully saturated rings. The number of hydrogen-bond acceptors (Lipinski definition) is 4. The number of anilines is 1. The molecule has 2 aromatic carbocycles. The number of para-hydroxylation sites is 1. The van der Waals surface area contributed by atoms with Crippen LogP contribution < -0.4 is 20.9 Å². The van der Waals surface area contributed by atoms with Crippen LogP contribution in [0.15, 0.2) is 53.0 Å². The molecule has 0 unspecified atom stereocenters. The molecule has 0 saturated heterocycles. The van der Waals surface area contributed by atoms with Gasteiger partial charge < -0.3 is 10.1 Å². The maximum atomic E-state index is 12.3. The first-order chi connectivity index (χ1) is 13.0. The van der Waals surface area contributed by atoms with Crippen LogP contribution in [0.5, 0.6) is 5.75 Å². The molecule has 0 atom stereocenters. The SMILES string of the molecule is CCOc1ccc(Br)cc1C(=O)NNC(=O)CCC(=O)Nc1ccccc1. The molecule has 0 aliphatic rings. The number of nitrogens with one attached hydrogen (secondary N) is 3. The molecular weight excluding hydrogens is 414 g/mol. The van der Waals surface area contributed by atoms with Crippen molar-refractivity contribution < 1.29 is 19.1 Å². The molecule has 2 aromatic rings. The Morgan fingerprint density at radius 3 is 2.37 bits per heavy atom. The third-order valence-electron chi connectivity index (χ3n) is 3.44. The van der Waals surface area contributed by atoms with Gasteiger partial charge in [-0.1, -0.05) is 34.1 Å². The number of hydrogen-bond donors (Lipinski definition) is 3. The fraction of sp³-hybridized carbons (Fsp3) is 0.211. The van der Waals surface area contributed by atoms with Gasteiger partial charge in [0.1, 0.15) is 5.75 Å². The fourth-order valence-electron chi connectivity index (χ4n) is 2.19. The summed E-state index contributed by atoms with van der Waals surface area (Å²) in [6.45, 7) is 2.22. The van der Waals surface area contributed by atoms with Crippen LogP contribution in [0.2, 0.25) is 0 Å². The summed E-state index contributed by atoms with van der Waals surface area (Å²) in [5.41, 5.74) is 5.57. The summed E-state index contributed by atoms with van der Waals surface area (Å²) in [4.78, 5) is 36.0. The van der Waals surface area contributed by atoms with E-state index in [9.17, 15) is 14.4 Å². The number of hydrazine groups is 1. The van der Waals surface area contributed by atoms with E-state index in [1.54, 1.807) is 42.5 Å². The highest BCUT2D eigenvalue weighted by molar-refractivity contribution is 9.10. The third kappa shape index (κ3) is 6.74. The topological polar surface area (TPSA) is 96.5 Å². The van der Waals surface area contributed by atoms with Crippen molar-refractivity contribution >= 4 is 39.3 Å². The van der Waals surface area contributed by atoms with Gasteiger partial charge in [0.15, 0.2) is 0 Å². The average molecular weight is 434 g/mol. The highest BCUT2D eigenvalue weighted by Gasteiger charge is 2.14. The van der Waals surface area contributed by atoms with E-state index >= 15 is 0 Å². The Morgan fingerprint density at radius 1 is 0.963 bits per heavy atom. The Bertz CT molecular complexity index is 812. The van der Waals surface area contributed by atoms with E-state index in [0.29, 0.717) is 22.5 Å². The summed E-state index contributed by atoms with van der Waals surface area (Å²) in [6, 6.07) is 14.0. The zero-order valence-electron chi connectivity index (χ0n) is 14.8. The first-order valence-corrected chi connectivity index (χ1v) is 9.15. The Morgan fingerprint density at radius 2 is 1.67 bits per heavy atom. The number of ether oxygens (including phenoxy) is 1. The van der Waals surface area contributed by atoms with Gasteiger partial charge in [-0.15, -0.1) is 0 Å². The molecule has 142 valence electrons. The molecule has 0 aromatic heterocycles. The lowest BCUT2D eigenvalue weighted by Gasteiger charge is -2.12. The quantitative estimate of drug-likeness (QED) is 0.584. The van der Waals surface area contributed by atoms with Gasteiger partial charge in [-0.2, -0.15) is 0 Å². The van der Waals surface area contributed by atoms with Crippen molar-refractivity contribution in [1.82, 2.24) is 10.9 Å². The summed E-state index contributed by atoms with van der Waals surface area (Å²) in [5.74, 6) is -0.857. The van der Waals surface area contributed by atoms with Crippen LogP contribution in [0.1, 0.15) is 30.1 Å². The second-order valence-electron chi connectivity index (χ2n) is 5.49. The van der Waals surface area contributed by atoms with Crippen LogP contribution in [0.3, 0.4) is 0 Å². The standard InChI is InChI=1S/C19H20BrN3O4/c1-2-27-16-9-8-13(20)12-15(16)19(26)23-22-18(25)11-10-17(24)21-14-6-4-3-5-7-14/h3-9,12H,2,10-11H2,1H3,(H,21,24)(H,22,25)(H,23,26). The molecule has 8 heteroatoms. The van der Waals surface area contributed by atoms with Crippen molar-refractivity contribution in [3.05, 3.63) is 58.6 Å². The normalized spacial score (nSPS) is 10.0. The molecular formula is C19H20BrN3O4. The molecule has 0 aliphatic heterocycles. The molecule has 0 spiro atoms. The van der Waals surface area contributed by atoms with Crippen molar-refractivity contribution in [1.29, 1.82) is 0 Å². The number of rotatable bonds is 7. The molecule has 0 aliphatic carbocycles. The van der Waals surface area contributed by atoms with Crippen LogP contribution >= 0.6 is 15.9 Å². The van der Waals surface area contributed by atoms with Gasteiger partial charge in [-0.3, -0.25) is 25.2 Å². The first-order valence-electron chi connectivity index (χ1n) is 8.36. The Labute approximate surface area is 165 Å². The number of halogens is 1. The molecule has 3 N–H and O–H groups in total. The minimum Gasteiger partial charge on any atom is -0.493 e. The molecule has 27 heavy (non-hydrogen) atoms. The van der Waals surface area contributed by atoms with E-state index in [4.69, 9.17) is 4.74 Å². The van der Waals surface area contributed by atoms with Crippen LogP contribution in [0.4, 0.5) is 5.69 Å². The van der Waals surface area contributed by atoms with Gasteiger partial charge in [-0.25, -0.2) is 0 Å².